The minimum atomic E-state index is 0.0693. The van der Waals surface area contributed by atoms with Crippen molar-refractivity contribution in [3.63, 3.8) is 0 Å². The lowest BCUT2D eigenvalue weighted by Gasteiger charge is -2.35. The lowest BCUT2D eigenvalue weighted by Crippen LogP contribution is -2.46. The van der Waals surface area contributed by atoms with Gasteiger partial charge in [0.2, 0.25) is 5.91 Å². The Hall–Kier alpha value is -1.43. The number of piperidine rings is 1. The van der Waals surface area contributed by atoms with Crippen molar-refractivity contribution in [2.75, 3.05) is 19.6 Å². The Morgan fingerprint density at radius 1 is 1.35 bits per heavy atom. The van der Waals surface area contributed by atoms with Gasteiger partial charge in [-0.15, -0.1) is 11.3 Å². The first kappa shape index (κ1) is 16.4. The molecule has 1 amide bonds. The largest absolute Gasteiger partial charge is 0.354 e. The number of fused-ring (bicyclic) bond motifs is 1. The van der Waals surface area contributed by atoms with Crippen LogP contribution in [0.4, 0.5) is 0 Å². The number of carbonyl (C=O) groups is 1. The zero-order valence-electron chi connectivity index (χ0n) is 13.5. The highest BCUT2D eigenvalue weighted by atomic mass is 32.1. The molecule has 0 bridgehead atoms. The summed E-state index contributed by atoms with van der Waals surface area (Å²) in [5.41, 5.74) is 5.43. The van der Waals surface area contributed by atoms with Crippen LogP contribution in [0.3, 0.4) is 0 Å². The van der Waals surface area contributed by atoms with Gasteiger partial charge in [-0.05, 0) is 36.9 Å². The van der Waals surface area contributed by atoms with E-state index in [4.69, 9.17) is 5.73 Å². The van der Waals surface area contributed by atoms with Crippen molar-refractivity contribution >= 4 is 27.3 Å². The second-order valence-electron chi connectivity index (χ2n) is 6.21. The van der Waals surface area contributed by atoms with E-state index in [-0.39, 0.29) is 5.91 Å². The van der Waals surface area contributed by atoms with Crippen molar-refractivity contribution < 1.29 is 4.79 Å². The quantitative estimate of drug-likeness (QED) is 0.856. The van der Waals surface area contributed by atoms with Gasteiger partial charge in [0.05, 0.1) is 0 Å². The smallest absolute Gasteiger partial charge is 0.221 e. The molecule has 0 saturated carbocycles. The predicted octanol–water partition coefficient (Wildman–Crippen LogP) is 2.72. The van der Waals surface area contributed by atoms with E-state index < -0.39 is 0 Å². The van der Waals surface area contributed by atoms with Crippen LogP contribution in [0.5, 0.6) is 0 Å². The van der Waals surface area contributed by atoms with Crippen molar-refractivity contribution in [1.29, 1.82) is 0 Å². The number of likely N-dealkylation sites (tertiary alicyclic amines) is 1. The monoisotopic (exact) mass is 331 g/mol. The summed E-state index contributed by atoms with van der Waals surface area (Å²) in [6.07, 6.45) is 4.08. The average Bonchev–Trinajstić information content (AvgIpc) is 2.96. The first-order chi connectivity index (χ1) is 11.3. The molecule has 4 nitrogen and oxygen atoms in total. The van der Waals surface area contributed by atoms with E-state index in [1.165, 1.54) is 27.8 Å². The summed E-state index contributed by atoms with van der Waals surface area (Å²) in [4.78, 5) is 15.6. The molecule has 3 rings (SSSR count). The fraction of sp³-hybridized carbons (Fsp3) is 0.500. The molecule has 0 radical (unpaired) electrons. The van der Waals surface area contributed by atoms with E-state index in [2.05, 4.69) is 40.5 Å². The maximum atomic E-state index is 11.7. The van der Waals surface area contributed by atoms with Crippen molar-refractivity contribution in [3.05, 3.63) is 35.2 Å². The maximum Gasteiger partial charge on any atom is 0.221 e. The van der Waals surface area contributed by atoms with Crippen LogP contribution < -0.4 is 11.1 Å². The van der Waals surface area contributed by atoms with Gasteiger partial charge in [-0.1, -0.05) is 24.6 Å². The number of nitrogens with two attached hydrogens (primary N) is 1. The van der Waals surface area contributed by atoms with Crippen LogP contribution in [0.1, 0.15) is 30.6 Å². The molecule has 5 heteroatoms. The van der Waals surface area contributed by atoms with Gasteiger partial charge in [0.25, 0.3) is 0 Å². The minimum absolute atomic E-state index is 0.0693. The number of amides is 1. The van der Waals surface area contributed by atoms with Gasteiger partial charge in [-0.25, -0.2) is 0 Å². The molecule has 1 atom stereocenters. The summed E-state index contributed by atoms with van der Waals surface area (Å²) in [6.45, 7) is 3.26. The summed E-state index contributed by atoms with van der Waals surface area (Å²) >= 11 is 1.88. The number of thiophene rings is 1. The molecule has 1 saturated heterocycles. The highest BCUT2D eigenvalue weighted by molar-refractivity contribution is 7.19. The van der Waals surface area contributed by atoms with E-state index in [1.54, 1.807) is 0 Å². The fourth-order valence-corrected chi connectivity index (χ4v) is 4.36. The topological polar surface area (TPSA) is 58.4 Å². The van der Waals surface area contributed by atoms with E-state index in [0.29, 0.717) is 19.0 Å². The molecule has 1 fully saturated rings. The molecule has 0 spiro atoms. The molecule has 0 aliphatic carbocycles. The lowest BCUT2D eigenvalue weighted by atomic mass is 10.0. The molecule has 3 N–H and O–H groups in total. The fourth-order valence-electron chi connectivity index (χ4n) is 3.27. The zero-order chi connectivity index (χ0) is 16.1. The number of nitrogens with one attached hydrogen (secondary N) is 1. The van der Waals surface area contributed by atoms with Gasteiger partial charge in [-0.3, -0.25) is 9.69 Å². The van der Waals surface area contributed by atoms with Gasteiger partial charge in [0, 0.05) is 41.7 Å². The third-order valence-corrected chi connectivity index (χ3v) is 5.59. The van der Waals surface area contributed by atoms with Crippen LogP contribution in [0.15, 0.2) is 30.3 Å². The molecule has 2 aromatic rings. The Morgan fingerprint density at radius 3 is 3.04 bits per heavy atom. The molecule has 1 aromatic carbocycles. The normalized spacial score (nSPS) is 19.1. The SMILES string of the molecule is NCCC(=O)NCC1CCCCN1Cc1cc2ccccc2s1. The van der Waals surface area contributed by atoms with Crippen LogP contribution in [-0.2, 0) is 11.3 Å². The summed E-state index contributed by atoms with van der Waals surface area (Å²) in [6, 6.07) is 11.3. The Kier molecular flexibility index (Phi) is 5.65. The standard InChI is InChI=1S/C18H25N3OS/c19-9-8-18(22)20-12-15-6-3-4-10-21(15)13-16-11-14-5-1-2-7-17(14)23-16/h1-2,5,7,11,15H,3-4,6,8-10,12-13,19H2,(H,20,22). The molecule has 1 aliphatic heterocycles. The summed E-state index contributed by atoms with van der Waals surface area (Å²) in [7, 11) is 0. The van der Waals surface area contributed by atoms with Gasteiger partial charge >= 0.3 is 0 Å². The highest BCUT2D eigenvalue weighted by Crippen LogP contribution is 2.28. The Morgan fingerprint density at radius 2 is 2.22 bits per heavy atom. The summed E-state index contributed by atoms with van der Waals surface area (Å²) in [5, 5.41) is 4.37. The van der Waals surface area contributed by atoms with E-state index in [9.17, 15) is 4.79 Å². The van der Waals surface area contributed by atoms with E-state index in [1.807, 2.05) is 11.3 Å². The van der Waals surface area contributed by atoms with Crippen molar-refractivity contribution in [2.24, 2.45) is 5.73 Å². The maximum absolute atomic E-state index is 11.7. The number of hydrogen-bond acceptors (Lipinski definition) is 4. The molecule has 23 heavy (non-hydrogen) atoms. The molecule has 124 valence electrons. The van der Waals surface area contributed by atoms with Crippen molar-refractivity contribution in [1.82, 2.24) is 10.2 Å². The third kappa shape index (κ3) is 4.31. The molecule has 1 unspecified atom stereocenters. The number of hydrogen-bond donors (Lipinski definition) is 2. The van der Waals surface area contributed by atoms with Crippen molar-refractivity contribution in [3.8, 4) is 0 Å². The van der Waals surface area contributed by atoms with Crippen LogP contribution in [0.2, 0.25) is 0 Å². The first-order valence-electron chi connectivity index (χ1n) is 8.44. The first-order valence-corrected chi connectivity index (χ1v) is 9.26. The molecule has 1 aliphatic rings. The Bertz CT molecular complexity index is 622. The van der Waals surface area contributed by atoms with Crippen LogP contribution in [0, 0.1) is 0 Å². The van der Waals surface area contributed by atoms with E-state index in [0.717, 1.165) is 26.1 Å². The lowest BCUT2D eigenvalue weighted by molar-refractivity contribution is -0.121. The highest BCUT2D eigenvalue weighted by Gasteiger charge is 2.23. The molecule has 1 aromatic heterocycles. The van der Waals surface area contributed by atoms with Crippen LogP contribution in [-0.4, -0.2) is 36.5 Å². The molecule has 2 heterocycles. The average molecular weight is 331 g/mol. The number of benzene rings is 1. The van der Waals surface area contributed by atoms with E-state index >= 15 is 0 Å². The second-order valence-corrected chi connectivity index (χ2v) is 7.38. The number of nitrogens with zero attached hydrogens (tertiary/aromatic N) is 1. The summed E-state index contributed by atoms with van der Waals surface area (Å²) in [5.74, 6) is 0.0693. The van der Waals surface area contributed by atoms with Crippen molar-refractivity contribution in [2.45, 2.75) is 38.3 Å². The van der Waals surface area contributed by atoms with Crippen LogP contribution >= 0.6 is 11.3 Å². The van der Waals surface area contributed by atoms with Gasteiger partial charge < -0.3 is 11.1 Å². The van der Waals surface area contributed by atoms with Crippen LogP contribution in [0.25, 0.3) is 10.1 Å². The summed E-state index contributed by atoms with van der Waals surface area (Å²) < 4.78 is 1.35. The number of carbonyl (C=O) groups excluding carboxylic acids is 1. The Labute approximate surface area is 141 Å². The van der Waals surface area contributed by atoms with Gasteiger partial charge in [0.1, 0.15) is 0 Å². The predicted molar refractivity (Wildman–Crippen MR) is 96.6 cm³/mol. The minimum Gasteiger partial charge on any atom is -0.354 e. The van der Waals surface area contributed by atoms with Gasteiger partial charge in [0.15, 0.2) is 0 Å². The zero-order valence-corrected chi connectivity index (χ0v) is 14.3. The number of rotatable bonds is 6. The van der Waals surface area contributed by atoms with Gasteiger partial charge in [-0.2, -0.15) is 0 Å². The second kappa shape index (κ2) is 7.90. The molecular formula is C18H25N3OS. The third-order valence-electron chi connectivity index (χ3n) is 4.49. The Balaban J connectivity index is 1.62. The molecular weight excluding hydrogens is 306 g/mol.